The van der Waals surface area contributed by atoms with Crippen LogP contribution in [0.5, 0.6) is 0 Å². The van der Waals surface area contributed by atoms with Crippen molar-refractivity contribution in [1.29, 1.82) is 0 Å². The Labute approximate surface area is 149 Å². The molecule has 25 heavy (non-hydrogen) atoms. The summed E-state index contributed by atoms with van der Waals surface area (Å²) in [4.78, 5) is 0. The number of unbranched alkanes of at least 4 members (excludes halogenated alkanes) is 1. The van der Waals surface area contributed by atoms with E-state index in [-0.39, 0.29) is 18.9 Å². The summed E-state index contributed by atoms with van der Waals surface area (Å²) in [6, 6.07) is 0. The molecular formula is C17H34O8. The standard InChI is InChI=1S/C17H34O8/c1-3-5-6-11(4-2)7-17(24-10-12(20)8-18)16(23)15(22)14(21)13(9-19)25-17/h11-16,18-23H,3-10H2,1-2H3/t11?,12?,13-,14-,15+,16-,17?/m1/s1. The van der Waals surface area contributed by atoms with Crippen molar-refractivity contribution in [2.45, 2.75) is 82.3 Å². The van der Waals surface area contributed by atoms with Gasteiger partial charge in [-0.05, 0) is 5.92 Å². The van der Waals surface area contributed by atoms with Crippen molar-refractivity contribution in [3.8, 4) is 0 Å². The second-order valence-corrected chi connectivity index (χ2v) is 6.84. The van der Waals surface area contributed by atoms with Gasteiger partial charge in [0.05, 0.1) is 19.8 Å². The molecule has 1 rings (SSSR count). The summed E-state index contributed by atoms with van der Waals surface area (Å²) in [5.74, 6) is -1.54. The lowest BCUT2D eigenvalue weighted by Crippen LogP contribution is -2.66. The zero-order valence-electron chi connectivity index (χ0n) is 15.1. The normalized spacial score (nSPS) is 35.5. The summed E-state index contributed by atoms with van der Waals surface area (Å²) in [7, 11) is 0. The molecule has 0 bridgehead atoms. The van der Waals surface area contributed by atoms with Crippen molar-refractivity contribution in [1.82, 2.24) is 0 Å². The van der Waals surface area contributed by atoms with E-state index in [2.05, 4.69) is 6.92 Å². The lowest BCUT2D eigenvalue weighted by atomic mass is 9.83. The van der Waals surface area contributed by atoms with E-state index in [9.17, 15) is 25.5 Å². The minimum absolute atomic E-state index is 0.127. The third kappa shape index (κ3) is 5.83. The Hall–Kier alpha value is -0.320. The quantitative estimate of drug-likeness (QED) is 0.277. The minimum Gasteiger partial charge on any atom is -0.394 e. The highest BCUT2D eigenvalue weighted by molar-refractivity contribution is 4.98. The third-order valence-corrected chi connectivity index (χ3v) is 4.88. The smallest absolute Gasteiger partial charge is 0.197 e. The summed E-state index contributed by atoms with van der Waals surface area (Å²) >= 11 is 0. The van der Waals surface area contributed by atoms with Crippen LogP contribution in [0.3, 0.4) is 0 Å². The van der Waals surface area contributed by atoms with E-state index in [0.717, 1.165) is 25.7 Å². The number of hydrogen-bond acceptors (Lipinski definition) is 8. The van der Waals surface area contributed by atoms with Crippen LogP contribution < -0.4 is 0 Å². The molecule has 0 saturated carbocycles. The van der Waals surface area contributed by atoms with E-state index in [1.54, 1.807) is 0 Å². The van der Waals surface area contributed by atoms with E-state index in [4.69, 9.17) is 14.6 Å². The number of aliphatic hydroxyl groups excluding tert-OH is 6. The molecule has 1 aliphatic heterocycles. The molecule has 6 N–H and O–H groups in total. The number of ether oxygens (including phenoxy) is 2. The maximum absolute atomic E-state index is 10.5. The molecule has 0 radical (unpaired) electrons. The Bertz CT molecular complexity index is 367. The second-order valence-electron chi connectivity index (χ2n) is 6.84. The molecule has 8 nitrogen and oxygen atoms in total. The summed E-state index contributed by atoms with van der Waals surface area (Å²) < 4.78 is 11.3. The monoisotopic (exact) mass is 366 g/mol. The minimum atomic E-state index is -1.67. The molecule has 0 aromatic heterocycles. The van der Waals surface area contributed by atoms with Gasteiger partial charge in [-0.2, -0.15) is 0 Å². The van der Waals surface area contributed by atoms with E-state index in [0.29, 0.717) is 0 Å². The van der Waals surface area contributed by atoms with Crippen LogP contribution in [-0.4, -0.2) is 86.8 Å². The van der Waals surface area contributed by atoms with Crippen LogP contribution in [0.15, 0.2) is 0 Å². The highest BCUT2D eigenvalue weighted by Gasteiger charge is 2.55. The number of hydrogen-bond donors (Lipinski definition) is 6. The maximum Gasteiger partial charge on any atom is 0.197 e. The number of rotatable bonds is 11. The zero-order chi connectivity index (χ0) is 19.0. The highest BCUT2D eigenvalue weighted by atomic mass is 16.7. The Kier molecular flexibility index (Phi) is 9.76. The van der Waals surface area contributed by atoms with Crippen molar-refractivity contribution in [3.05, 3.63) is 0 Å². The number of aliphatic hydroxyl groups is 6. The van der Waals surface area contributed by atoms with Crippen LogP contribution in [0.25, 0.3) is 0 Å². The molecular weight excluding hydrogens is 332 g/mol. The first kappa shape index (κ1) is 22.7. The molecule has 0 amide bonds. The fourth-order valence-corrected chi connectivity index (χ4v) is 3.19. The molecule has 1 aliphatic rings. The summed E-state index contributed by atoms with van der Waals surface area (Å²) in [5.41, 5.74) is 0. The van der Waals surface area contributed by atoms with E-state index in [1.807, 2.05) is 6.92 Å². The molecule has 0 aliphatic carbocycles. The van der Waals surface area contributed by atoms with Crippen LogP contribution in [0.2, 0.25) is 0 Å². The van der Waals surface area contributed by atoms with Gasteiger partial charge in [0.2, 0.25) is 0 Å². The average Bonchev–Trinajstić information content (AvgIpc) is 2.63. The molecule has 3 unspecified atom stereocenters. The molecule has 1 heterocycles. The fourth-order valence-electron chi connectivity index (χ4n) is 3.19. The SMILES string of the molecule is CCCCC(CC)CC1(OCC(O)CO)O[C@H](CO)[C@@H](O)[C@H](O)[C@H]1O. The first-order valence-electron chi connectivity index (χ1n) is 9.10. The Morgan fingerprint density at radius 2 is 1.80 bits per heavy atom. The molecule has 1 saturated heterocycles. The van der Waals surface area contributed by atoms with Crippen LogP contribution in [0.1, 0.15) is 46.0 Å². The maximum atomic E-state index is 10.5. The highest BCUT2D eigenvalue weighted by Crippen LogP contribution is 2.38. The lowest BCUT2D eigenvalue weighted by molar-refractivity contribution is -0.373. The largest absolute Gasteiger partial charge is 0.394 e. The van der Waals surface area contributed by atoms with Gasteiger partial charge in [0, 0.05) is 6.42 Å². The average molecular weight is 366 g/mol. The van der Waals surface area contributed by atoms with E-state index < -0.39 is 49.5 Å². The van der Waals surface area contributed by atoms with Crippen molar-refractivity contribution in [3.63, 3.8) is 0 Å². The molecule has 0 aromatic carbocycles. The van der Waals surface area contributed by atoms with Gasteiger partial charge in [-0.1, -0.05) is 39.5 Å². The Balaban J connectivity index is 3.03. The fraction of sp³-hybridized carbons (Fsp3) is 1.00. The predicted octanol–water partition coefficient (Wildman–Crippen LogP) is -0.867. The van der Waals surface area contributed by atoms with Gasteiger partial charge in [0.25, 0.3) is 0 Å². The molecule has 8 heteroatoms. The molecule has 0 aromatic rings. The zero-order valence-corrected chi connectivity index (χ0v) is 15.1. The second kappa shape index (κ2) is 10.7. The van der Waals surface area contributed by atoms with Crippen molar-refractivity contribution in [2.24, 2.45) is 5.92 Å². The Morgan fingerprint density at radius 3 is 2.32 bits per heavy atom. The molecule has 7 atom stereocenters. The van der Waals surface area contributed by atoms with Gasteiger partial charge in [0.1, 0.15) is 30.5 Å². The van der Waals surface area contributed by atoms with Gasteiger partial charge < -0.3 is 40.1 Å². The van der Waals surface area contributed by atoms with Crippen LogP contribution >= 0.6 is 0 Å². The predicted molar refractivity (Wildman–Crippen MR) is 89.7 cm³/mol. The summed E-state index contributed by atoms with van der Waals surface area (Å²) in [5, 5.41) is 58.7. The first-order valence-corrected chi connectivity index (χ1v) is 9.10. The summed E-state index contributed by atoms with van der Waals surface area (Å²) in [6.07, 6.45) is -2.93. The van der Waals surface area contributed by atoms with Crippen molar-refractivity contribution in [2.75, 3.05) is 19.8 Å². The van der Waals surface area contributed by atoms with E-state index in [1.165, 1.54) is 0 Å². The van der Waals surface area contributed by atoms with Gasteiger partial charge in [-0.15, -0.1) is 0 Å². The lowest BCUT2D eigenvalue weighted by Gasteiger charge is -2.49. The molecule has 0 spiro atoms. The van der Waals surface area contributed by atoms with Crippen LogP contribution in [0.4, 0.5) is 0 Å². The Morgan fingerprint density at radius 1 is 1.12 bits per heavy atom. The topological polar surface area (TPSA) is 140 Å². The van der Waals surface area contributed by atoms with Gasteiger partial charge >= 0.3 is 0 Å². The van der Waals surface area contributed by atoms with Gasteiger partial charge in [-0.3, -0.25) is 0 Å². The first-order chi connectivity index (χ1) is 11.8. The molecule has 1 fully saturated rings. The van der Waals surface area contributed by atoms with E-state index >= 15 is 0 Å². The summed E-state index contributed by atoms with van der Waals surface area (Å²) in [6.45, 7) is 2.70. The van der Waals surface area contributed by atoms with Gasteiger partial charge in [-0.25, -0.2) is 0 Å². The van der Waals surface area contributed by atoms with Crippen molar-refractivity contribution >= 4 is 0 Å². The molecule has 150 valence electrons. The van der Waals surface area contributed by atoms with Crippen molar-refractivity contribution < 1.29 is 40.1 Å². The van der Waals surface area contributed by atoms with Crippen LogP contribution in [0, 0.1) is 5.92 Å². The third-order valence-electron chi connectivity index (χ3n) is 4.88. The van der Waals surface area contributed by atoms with Crippen LogP contribution in [-0.2, 0) is 9.47 Å². The van der Waals surface area contributed by atoms with Gasteiger partial charge in [0.15, 0.2) is 5.79 Å².